The Kier molecular flexibility index (Phi) is 4.26. The van der Waals surface area contributed by atoms with E-state index in [4.69, 9.17) is 4.74 Å². The fourth-order valence-corrected chi connectivity index (χ4v) is 3.09. The average Bonchev–Trinajstić information content (AvgIpc) is 2.47. The van der Waals surface area contributed by atoms with Crippen LogP contribution < -0.4 is 10.1 Å². The van der Waals surface area contributed by atoms with E-state index in [0.717, 1.165) is 18.2 Å². The molecule has 0 aliphatic heterocycles. The summed E-state index contributed by atoms with van der Waals surface area (Å²) >= 11 is 0. The Bertz CT molecular complexity index is 588. The summed E-state index contributed by atoms with van der Waals surface area (Å²) in [7, 11) is 1.72. The maximum atomic E-state index is 5.30. The second kappa shape index (κ2) is 6.31. The van der Waals surface area contributed by atoms with Gasteiger partial charge in [0.2, 0.25) is 0 Å². The topological polar surface area (TPSA) is 21.3 Å². The van der Waals surface area contributed by atoms with E-state index in [1.54, 1.807) is 7.11 Å². The summed E-state index contributed by atoms with van der Waals surface area (Å²) in [5.41, 5.74) is 4.01. The molecule has 0 unspecified atom stereocenters. The summed E-state index contributed by atoms with van der Waals surface area (Å²) in [6, 6.07) is 17.9. The van der Waals surface area contributed by atoms with Crippen LogP contribution in [0.2, 0.25) is 0 Å². The van der Waals surface area contributed by atoms with Crippen LogP contribution >= 0.6 is 0 Å². The van der Waals surface area contributed by atoms with Crippen molar-refractivity contribution in [3.05, 3.63) is 65.2 Å². The number of hydrogen-bond donors (Lipinski definition) is 1. The molecular formula is C19H23NO. The molecular weight excluding hydrogens is 258 g/mol. The minimum Gasteiger partial charge on any atom is -0.496 e. The molecule has 2 aromatic rings. The van der Waals surface area contributed by atoms with Crippen LogP contribution in [0.3, 0.4) is 0 Å². The van der Waals surface area contributed by atoms with Gasteiger partial charge in [0.15, 0.2) is 0 Å². The van der Waals surface area contributed by atoms with Crippen molar-refractivity contribution >= 4 is 0 Å². The highest BCUT2D eigenvalue weighted by atomic mass is 16.5. The van der Waals surface area contributed by atoms with Gasteiger partial charge in [0, 0.05) is 12.6 Å². The third kappa shape index (κ3) is 3.27. The molecule has 1 aliphatic carbocycles. The Labute approximate surface area is 127 Å². The molecule has 0 saturated heterocycles. The minimum absolute atomic E-state index is 0.651. The maximum Gasteiger partial charge on any atom is 0.121 e. The van der Waals surface area contributed by atoms with Gasteiger partial charge < -0.3 is 10.1 Å². The normalized spacial score (nSPS) is 20.9. The first-order chi connectivity index (χ1) is 10.3. The van der Waals surface area contributed by atoms with Crippen molar-refractivity contribution in [3.63, 3.8) is 0 Å². The molecule has 0 amide bonds. The fourth-order valence-electron chi connectivity index (χ4n) is 3.09. The lowest BCUT2D eigenvalue weighted by atomic mass is 9.76. The Morgan fingerprint density at radius 1 is 1.10 bits per heavy atom. The molecule has 0 aromatic heterocycles. The van der Waals surface area contributed by atoms with Crippen LogP contribution in [0.25, 0.3) is 0 Å². The molecule has 0 radical (unpaired) electrons. The number of rotatable bonds is 5. The molecule has 0 heterocycles. The van der Waals surface area contributed by atoms with Crippen LogP contribution in [-0.2, 0) is 6.54 Å². The summed E-state index contributed by atoms with van der Waals surface area (Å²) in [6.45, 7) is 3.04. The first kappa shape index (κ1) is 14.2. The van der Waals surface area contributed by atoms with E-state index < -0.39 is 0 Å². The summed E-state index contributed by atoms with van der Waals surface area (Å²) < 4.78 is 5.30. The van der Waals surface area contributed by atoms with E-state index in [1.807, 2.05) is 0 Å². The van der Waals surface area contributed by atoms with Crippen molar-refractivity contribution in [2.45, 2.75) is 38.3 Å². The quantitative estimate of drug-likeness (QED) is 0.893. The number of hydrogen-bond acceptors (Lipinski definition) is 2. The Hall–Kier alpha value is -1.80. The molecule has 21 heavy (non-hydrogen) atoms. The molecule has 3 rings (SSSR count). The predicted molar refractivity (Wildman–Crippen MR) is 86.8 cm³/mol. The van der Waals surface area contributed by atoms with Gasteiger partial charge in [-0.1, -0.05) is 42.5 Å². The third-order valence-electron chi connectivity index (χ3n) is 4.46. The summed E-state index contributed by atoms with van der Waals surface area (Å²) in [5.74, 6) is 1.70. The van der Waals surface area contributed by atoms with Gasteiger partial charge in [0.1, 0.15) is 5.75 Å². The molecule has 1 saturated carbocycles. The maximum absolute atomic E-state index is 5.30. The smallest absolute Gasteiger partial charge is 0.121 e. The fraction of sp³-hybridized carbons (Fsp3) is 0.368. The minimum atomic E-state index is 0.651. The SMILES string of the molecule is COc1ccc(CNC2CC(c3ccccc3)C2)cc1C. The predicted octanol–water partition coefficient (Wildman–Crippen LogP) is 4.04. The Morgan fingerprint density at radius 3 is 2.52 bits per heavy atom. The number of methoxy groups -OCH3 is 1. The van der Waals surface area contributed by atoms with Crippen LogP contribution in [-0.4, -0.2) is 13.2 Å². The molecule has 0 atom stereocenters. The molecule has 0 bridgehead atoms. The Morgan fingerprint density at radius 2 is 1.86 bits per heavy atom. The van der Waals surface area contributed by atoms with Gasteiger partial charge in [-0.05, 0) is 48.4 Å². The van der Waals surface area contributed by atoms with Gasteiger partial charge in [-0.15, -0.1) is 0 Å². The zero-order chi connectivity index (χ0) is 14.7. The van der Waals surface area contributed by atoms with Gasteiger partial charge in [-0.25, -0.2) is 0 Å². The monoisotopic (exact) mass is 281 g/mol. The molecule has 110 valence electrons. The zero-order valence-electron chi connectivity index (χ0n) is 12.8. The van der Waals surface area contributed by atoms with Crippen LogP contribution in [0.15, 0.2) is 48.5 Å². The van der Waals surface area contributed by atoms with Crippen molar-refractivity contribution in [1.29, 1.82) is 0 Å². The molecule has 2 nitrogen and oxygen atoms in total. The van der Waals surface area contributed by atoms with Crippen LogP contribution in [0.5, 0.6) is 5.75 Å². The lowest BCUT2D eigenvalue weighted by Crippen LogP contribution is -2.39. The van der Waals surface area contributed by atoms with E-state index in [9.17, 15) is 0 Å². The lowest BCUT2D eigenvalue weighted by Gasteiger charge is -2.36. The first-order valence-electron chi connectivity index (χ1n) is 7.68. The van der Waals surface area contributed by atoms with Crippen molar-refractivity contribution in [1.82, 2.24) is 5.32 Å². The molecule has 2 aromatic carbocycles. The molecule has 0 spiro atoms. The van der Waals surface area contributed by atoms with Gasteiger partial charge in [0.05, 0.1) is 7.11 Å². The summed E-state index contributed by atoms with van der Waals surface area (Å²) in [5, 5.41) is 3.66. The van der Waals surface area contributed by atoms with Gasteiger partial charge in [-0.2, -0.15) is 0 Å². The highest BCUT2D eigenvalue weighted by Crippen LogP contribution is 2.36. The van der Waals surface area contributed by atoms with Crippen molar-refractivity contribution in [3.8, 4) is 5.75 Å². The molecule has 2 heteroatoms. The molecule has 1 aliphatic rings. The standard InChI is InChI=1S/C19H23NO/c1-14-10-15(8-9-19(14)21-2)13-20-18-11-17(12-18)16-6-4-3-5-7-16/h3-10,17-18,20H,11-13H2,1-2H3. The number of benzene rings is 2. The van der Waals surface area contributed by atoms with Gasteiger partial charge in [-0.3, -0.25) is 0 Å². The molecule has 1 fully saturated rings. The van der Waals surface area contributed by atoms with Crippen LogP contribution in [0, 0.1) is 6.92 Å². The van der Waals surface area contributed by atoms with Crippen LogP contribution in [0.1, 0.15) is 35.4 Å². The average molecular weight is 281 g/mol. The lowest BCUT2D eigenvalue weighted by molar-refractivity contribution is 0.289. The number of nitrogens with one attached hydrogen (secondary N) is 1. The van der Waals surface area contributed by atoms with E-state index in [1.165, 1.54) is 29.5 Å². The van der Waals surface area contributed by atoms with E-state index in [-0.39, 0.29) is 0 Å². The second-order valence-electron chi connectivity index (χ2n) is 5.96. The second-order valence-corrected chi connectivity index (χ2v) is 5.96. The van der Waals surface area contributed by atoms with Gasteiger partial charge in [0.25, 0.3) is 0 Å². The zero-order valence-corrected chi connectivity index (χ0v) is 12.8. The van der Waals surface area contributed by atoms with Crippen LogP contribution in [0.4, 0.5) is 0 Å². The number of ether oxygens (including phenoxy) is 1. The van der Waals surface area contributed by atoms with E-state index >= 15 is 0 Å². The first-order valence-corrected chi connectivity index (χ1v) is 7.68. The van der Waals surface area contributed by atoms with Gasteiger partial charge >= 0.3 is 0 Å². The third-order valence-corrected chi connectivity index (χ3v) is 4.46. The summed E-state index contributed by atoms with van der Waals surface area (Å²) in [4.78, 5) is 0. The van der Waals surface area contributed by atoms with Crippen molar-refractivity contribution in [2.75, 3.05) is 7.11 Å². The largest absolute Gasteiger partial charge is 0.496 e. The van der Waals surface area contributed by atoms with E-state index in [0.29, 0.717) is 6.04 Å². The number of aryl methyl sites for hydroxylation is 1. The van der Waals surface area contributed by atoms with Crippen molar-refractivity contribution < 1.29 is 4.74 Å². The highest BCUT2D eigenvalue weighted by Gasteiger charge is 2.29. The highest BCUT2D eigenvalue weighted by molar-refractivity contribution is 5.36. The molecule has 1 N–H and O–H groups in total. The van der Waals surface area contributed by atoms with Crippen molar-refractivity contribution in [2.24, 2.45) is 0 Å². The van der Waals surface area contributed by atoms with E-state index in [2.05, 4.69) is 60.8 Å². The Balaban J connectivity index is 1.48. The summed E-state index contributed by atoms with van der Waals surface area (Å²) in [6.07, 6.45) is 2.50.